The maximum atomic E-state index is 5.17. The van der Waals surface area contributed by atoms with Crippen molar-refractivity contribution in [3.63, 3.8) is 0 Å². The van der Waals surface area contributed by atoms with Gasteiger partial charge in [-0.1, -0.05) is 46.3 Å². The lowest BCUT2D eigenvalue weighted by atomic mass is 10.0. The first kappa shape index (κ1) is 14.5. The van der Waals surface area contributed by atoms with Crippen molar-refractivity contribution in [3.05, 3.63) is 60.2 Å². The molecule has 0 radical (unpaired) electrons. The number of hydrogen-bond acceptors (Lipinski definition) is 2. The average molecular weight is 337 g/mol. The van der Waals surface area contributed by atoms with Gasteiger partial charge in [-0.15, -0.1) is 11.8 Å². The van der Waals surface area contributed by atoms with Gasteiger partial charge >= 0.3 is 0 Å². The lowest BCUT2D eigenvalue weighted by Gasteiger charge is -2.14. The number of hydrogen-bond donors (Lipinski definition) is 0. The molecule has 0 aliphatic carbocycles. The summed E-state index contributed by atoms with van der Waals surface area (Å²) in [5, 5.41) is 0.986. The van der Waals surface area contributed by atoms with Gasteiger partial charge in [-0.05, 0) is 29.8 Å². The third-order valence-corrected chi connectivity index (χ3v) is 4.92. The number of benzene rings is 2. The second kappa shape index (κ2) is 7.61. The van der Waals surface area contributed by atoms with Crippen LogP contribution in [0.15, 0.2) is 59.5 Å². The zero-order valence-electron chi connectivity index (χ0n) is 10.9. The molecule has 2 aromatic carbocycles. The average Bonchev–Trinajstić information content (AvgIpc) is 2.49. The minimum absolute atomic E-state index is 0.535. The summed E-state index contributed by atoms with van der Waals surface area (Å²) in [7, 11) is 1.69. The van der Waals surface area contributed by atoms with Crippen molar-refractivity contribution in [1.29, 1.82) is 0 Å². The Bertz CT molecular complexity index is 484. The molecule has 3 heteroatoms. The Labute approximate surface area is 127 Å². The van der Waals surface area contributed by atoms with Crippen LogP contribution in [0.2, 0.25) is 0 Å². The number of rotatable bonds is 6. The third-order valence-electron chi connectivity index (χ3n) is 2.97. The Hall–Kier alpha value is -0.930. The predicted molar refractivity (Wildman–Crippen MR) is 86.7 cm³/mol. The normalized spacial score (nSPS) is 12.1. The molecule has 100 valence electrons. The van der Waals surface area contributed by atoms with Gasteiger partial charge in [-0.2, -0.15) is 0 Å². The second-order valence-electron chi connectivity index (χ2n) is 4.25. The number of methoxy groups -OCH3 is 1. The van der Waals surface area contributed by atoms with E-state index < -0.39 is 0 Å². The summed E-state index contributed by atoms with van der Waals surface area (Å²) in [6.45, 7) is 0. The van der Waals surface area contributed by atoms with E-state index in [-0.39, 0.29) is 0 Å². The van der Waals surface area contributed by atoms with Gasteiger partial charge in [-0.3, -0.25) is 0 Å². The molecule has 0 spiro atoms. The minimum atomic E-state index is 0.535. The van der Waals surface area contributed by atoms with Crippen LogP contribution in [0.25, 0.3) is 0 Å². The highest BCUT2D eigenvalue weighted by atomic mass is 79.9. The summed E-state index contributed by atoms with van der Waals surface area (Å²) >= 11 is 5.50. The van der Waals surface area contributed by atoms with Crippen molar-refractivity contribution < 1.29 is 4.74 Å². The quantitative estimate of drug-likeness (QED) is 0.544. The third kappa shape index (κ3) is 4.29. The van der Waals surface area contributed by atoms with E-state index >= 15 is 0 Å². The second-order valence-corrected chi connectivity index (χ2v) is 5.99. The molecule has 0 aromatic heterocycles. The van der Waals surface area contributed by atoms with Gasteiger partial charge in [-0.25, -0.2) is 0 Å². The molecule has 0 amide bonds. The van der Waals surface area contributed by atoms with Crippen molar-refractivity contribution in [1.82, 2.24) is 0 Å². The molecule has 1 unspecified atom stereocenters. The number of alkyl halides is 1. The lowest BCUT2D eigenvalue weighted by Crippen LogP contribution is -2.03. The summed E-state index contributed by atoms with van der Waals surface area (Å²) in [4.78, 5) is 1.28. The van der Waals surface area contributed by atoms with Crippen LogP contribution in [-0.4, -0.2) is 18.2 Å². The fourth-order valence-electron chi connectivity index (χ4n) is 1.82. The van der Waals surface area contributed by atoms with Gasteiger partial charge in [0.1, 0.15) is 5.75 Å². The van der Waals surface area contributed by atoms with Crippen molar-refractivity contribution in [2.24, 2.45) is 0 Å². The topological polar surface area (TPSA) is 9.23 Å². The molecule has 0 fully saturated rings. The fraction of sp³-hybridized carbons (Fsp3) is 0.250. The molecule has 1 nitrogen and oxygen atoms in total. The zero-order chi connectivity index (χ0) is 13.5. The van der Waals surface area contributed by atoms with Gasteiger partial charge in [0.05, 0.1) is 7.11 Å². The van der Waals surface area contributed by atoms with Crippen LogP contribution in [0.3, 0.4) is 0 Å². The Morgan fingerprint density at radius 2 is 1.74 bits per heavy atom. The van der Waals surface area contributed by atoms with Crippen molar-refractivity contribution >= 4 is 27.7 Å². The SMILES string of the molecule is COc1ccc(SCC(CBr)c2ccccc2)cc1. The summed E-state index contributed by atoms with van der Waals surface area (Å²) in [6.07, 6.45) is 0. The van der Waals surface area contributed by atoms with Crippen molar-refractivity contribution in [3.8, 4) is 5.75 Å². The molecular weight excluding hydrogens is 320 g/mol. The Morgan fingerprint density at radius 3 is 2.32 bits per heavy atom. The Kier molecular flexibility index (Phi) is 5.80. The first-order valence-corrected chi connectivity index (χ1v) is 8.32. The van der Waals surface area contributed by atoms with Crippen LogP contribution in [-0.2, 0) is 0 Å². The molecule has 0 aliphatic heterocycles. The number of thioether (sulfide) groups is 1. The van der Waals surface area contributed by atoms with E-state index in [1.165, 1.54) is 10.5 Å². The summed E-state index contributed by atoms with van der Waals surface area (Å²) < 4.78 is 5.17. The zero-order valence-corrected chi connectivity index (χ0v) is 13.3. The Morgan fingerprint density at radius 1 is 1.05 bits per heavy atom. The van der Waals surface area contributed by atoms with E-state index in [2.05, 4.69) is 58.4 Å². The molecule has 0 saturated heterocycles. The highest BCUT2D eigenvalue weighted by Crippen LogP contribution is 2.28. The van der Waals surface area contributed by atoms with Crippen LogP contribution in [0, 0.1) is 0 Å². The van der Waals surface area contributed by atoms with Gasteiger partial charge in [0, 0.05) is 21.9 Å². The first-order valence-electron chi connectivity index (χ1n) is 6.21. The van der Waals surface area contributed by atoms with Gasteiger partial charge < -0.3 is 4.74 Å². The summed E-state index contributed by atoms with van der Waals surface area (Å²) in [6, 6.07) is 18.9. The standard InChI is InChI=1S/C16H17BrOS/c1-18-15-7-9-16(10-8-15)19-12-14(11-17)13-5-3-2-4-6-13/h2-10,14H,11-12H2,1H3. The molecule has 0 N–H and O–H groups in total. The first-order chi connectivity index (χ1) is 9.33. The van der Waals surface area contributed by atoms with E-state index in [0.29, 0.717) is 5.92 Å². The number of ether oxygens (including phenoxy) is 1. The Balaban J connectivity index is 1.96. The van der Waals surface area contributed by atoms with E-state index in [9.17, 15) is 0 Å². The van der Waals surface area contributed by atoms with Crippen LogP contribution in [0.4, 0.5) is 0 Å². The lowest BCUT2D eigenvalue weighted by molar-refractivity contribution is 0.414. The molecule has 0 aliphatic rings. The largest absolute Gasteiger partial charge is 0.497 e. The monoisotopic (exact) mass is 336 g/mol. The van der Waals surface area contributed by atoms with E-state index in [1.807, 2.05) is 23.9 Å². The molecule has 0 heterocycles. The fourth-order valence-corrected chi connectivity index (χ4v) is 3.76. The molecule has 19 heavy (non-hydrogen) atoms. The summed E-state index contributed by atoms with van der Waals surface area (Å²) in [5.41, 5.74) is 1.39. The maximum Gasteiger partial charge on any atom is 0.118 e. The molecule has 0 bridgehead atoms. The van der Waals surface area contributed by atoms with Crippen LogP contribution < -0.4 is 4.74 Å². The highest BCUT2D eigenvalue weighted by molar-refractivity contribution is 9.09. The smallest absolute Gasteiger partial charge is 0.118 e. The maximum absolute atomic E-state index is 5.17. The van der Waals surface area contributed by atoms with Crippen molar-refractivity contribution in [2.75, 3.05) is 18.2 Å². The predicted octanol–water partition coefficient (Wildman–Crippen LogP) is 4.97. The van der Waals surface area contributed by atoms with E-state index in [4.69, 9.17) is 4.74 Å². The van der Waals surface area contributed by atoms with Crippen LogP contribution in [0.5, 0.6) is 5.75 Å². The minimum Gasteiger partial charge on any atom is -0.497 e. The van der Waals surface area contributed by atoms with E-state index in [0.717, 1.165) is 16.8 Å². The van der Waals surface area contributed by atoms with Gasteiger partial charge in [0.25, 0.3) is 0 Å². The number of halogens is 1. The van der Waals surface area contributed by atoms with Gasteiger partial charge in [0.2, 0.25) is 0 Å². The molecule has 2 aromatic rings. The summed E-state index contributed by atoms with van der Waals surface area (Å²) in [5.74, 6) is 2.51. The molecule has 1 atom stereocenters. The molecular formula is C16H17BrOS. The van der Waals surface area contributed by atoms with E-state index in [1.54, 1.807) is 7.11 Å². The van der Waals surface area contributed by atoms with Crippen LogP contribution >= 0.6 is 27.7 Å². The van der Waals surface area contributed by atoms with Crippen LogP contribution in [0.1, 0.15) is 11.5 Å². The molecule has 0 saturated carbocycles. The molecule has 2 rings (SSSR count). The highest BCUT2D eigenvalue weighted by Gasteiger charge is 2.10. The van der Waals surface area contributed by atoms with Crippen molar-refractivity contribution in [2.45, 2.75) is 10.8 Å². The van der Waals surface area contributed by atoms with Gasteiger partial charge in [0.15, 0.2) is 0 Å².